The highest BCUT2D eigenvalue weighted by molar-refractivity contribution is 7.92. The fourth-order valence-corrected chi connectivity index (χ4v) is 3.86. The van der Waals surface area contributed by atoms with Crippen molar-refractivity contribution in [1.29, 1.82) is 0 Å². The lowest BCUT2D eigenvalue weighted by molar-refractivity contribution is -0.385. The molecule has 9 nitrogen and oxygen atoms in total. The minimum Gasteiger partial charge on any atom is -0.492 e. The van der Waals surface area contributed by atoms with Gasteiger partial charge in [-0.15, -0.1) is 0 Å². The van der Waals surface area contributed by atoms with Crippen LogP contribution in [-0.2, 0) is 10.0 Å². The highest BCUT2D eigenvalue weighted by atomic mass is 35.5. The monoisotopic (exact) mass is 475 g/mol. The van der Waals surface area contributed by atoms with Gasteiger partial charge in [-0.05, 0) is 54.6 Å². The first-order chi connectivity index (χ1) is 15.2. The van der Waals surface area contributed by atoms with Crippen molar-refractivity contribution in [3.63, 3.8) is 0 Å². The third kappa shape index (κ3) is 6.19. The standard InChI is InChI=1S/C21H18ClN3O6S/c22-16-6-10-19(11-7-16)31-13-12-23-21(26)15-4-8-17(9-5-15)24-32(29,30)20-3-1-2-18(14-20)25(27)28/h1-11,14,24H,12-13H2,(H,23,26). The summed E-state index contributed by atoms with van der Waals surface area (Å²) < 4.78 is 32.8. The smallest absolute Gasteiger partial charge is 0.270 e. The van der Waals surface area contributed by atoms with Crippen molar-refractivity contribution in [3.8, 4) is 5.75 Å². The number of sulfonamides is 1. The summed E-state index contributed by atoms with van der Waals surface area (Å²) in [7, 11) is -4.03. The highest BCUT2D eigenvalue weighted by Crippen LogP contribution is 2.21. The van der Waals surface area contributed by atoms with E-state index in [9.17, 15) is 23.3 Å². The topological polar surface area (TPSA) is 128 Å². The molecule has 0 fully saturated rings. The maximum atomic E-state index is 12.5. The van der Waals surface area contributed by atoms with Crippen molar-refractivity contribution in [3.05, 3.63) is 93.5 Å². The van der Waals surface area contributed by atoms with Gasteiger partial charge in [0.15, 0.2) is 0 Å². The number of amides is 1. The summed E-state index contributed by atoms with van der Waals surface area (Å²) >= 11 is 5.80. The summed E-state index contributed by atoms with van der Waals surface area (Å²) in [5.41, 5.74) is 0.203. The molecule has 0 atom stereocenters. The lowest BCUT2D eigenvalue weighted by Gasteiger charge is -2.10. The van der Waals surface area contributed by atoms with Crippen molar-refractivity contribution in [2.75, 3.05) is 17.9 Å². The number of nitrogens with one attached hydrogen (secondary N) is 2. The zero-order valence-electron chi connectivity index (χ0n) is 16.5. The van der Waals surface area contributed by atoms with Crippen molar-refractivity contribution in [1.82, 2.24) is 5.32 Å². The van der Waals surface area contributed by atoms with Gasteiger partial charge in [0, 0.05) is 28.4 Å². The van der Waals surface area contributed by atoms with E-state index in [1.165, 1.54) is 42.5 Å². The SMILES string of the molecule is O=C(NCCOc1ccc(Cl)cc1)c1ccc(NS(=O)(=O)c2cccc([N+](=O)[O-])c2)cc1. The van der Waals surface area contributed by atoms with Crippen LogP contribution in [0.4, 0.5) is 11.4 Å². The van der Waals surface area contributed by atoms with Crippen molar-refractivity contribution in [2.24, 2.45) is 0 Å². The van der Waals surface area contributed by atoms with Crippen LogP contribution < -0.4 is 14.8 Å². The average Bonchev–Trinajstić information content (AvgIpc) is 2.78. The fraction of sp³-hybridized carbons (Fsp3) is 0.0952. The number of non-ortho nitro benzene ring substituents is 1. The quantitative estimate of drug-likeness (QED) is 0.275. The zero-order valence-corrected chi connectivity index (χ0v) is 18.1. The van der Waals surface area contributed by atoms with Crippen molar-refractivity contribution < 1.29 is 22.9 Å². The number of hydrogen-bond donors (Lipinski definition) is 2. The van der Waals surface area contributed by atoms with E-state index in [0.717, 1.165) is 6.07 Å². The first-order valence-corrected chi connectivity index (χ1v) is 11.1. The van der Waals surface area contributed by atoms with E-state index < -0.39 is 14.9 Å². The Labute approximate surface area is 189 Å². The molecule has 0 saturated carbocycles. The Balaban J connectivity index is 1.54. The molecule has 32 heavy (non-hydrogen) atoms. The number of nitro groups is 1. The Kier molecular flexibility index (Phi) is 7.29. The number of rotatable bonds is 9. The number of carbonyl (C=O) groups is 1. The molecule has 3 aromatic rings. The molecule has 0 aliphatic carbocycles. The van der Waals surface area contributed by atoms with Gasteiger partial charge in [-0.25, -0.2) is 8.42 Å². The molecule has 11 heteroatoms. The molecule has 0 unspecified atom stereocenters. The maximum Gasteiger partial charge on any atom is 0.270 e. The summed E-state index contributed by atoms with van der Waals surface area (Å²) in [5, 5.41) is 14.2. The van der Waals surface area contributed by atoms with Gasteiger partial charge in [-0.3, -0.25) is 19.6 Å². The van der Waals surface area contributed by atoms with Crippen molar-refractivity contribution in [2.45, 2.75) is 4.90 Å². The second-order valence-corrected chi connectivity index (χ2v) is 8.61. The summed E-state index contributed by atoms with van der Waals surface area (Å²) in [6, 6.07) is 17.3. The minimum absolute atomic E-state index is 0.208. The largest absolute Gasteiger partial charge is 0.492 e. The number of nitro benzene ring substituents is 1. The Morgan fingerprint density at radius 1 is 1.03 bits per heavy atom. The van der Waals surface area contributed by atoms with E-state index >= 15 is 0 Å². The molecule has 0 aromatic heterocycles. The second-order valence-electron chi connectivity index (χ2n) is 6.50. The molecule has 0 bridgehead atoms. The van der Waals surface area contributed by atoms with E-state index in [0.29, 0.717) is 16.3 Å². The van der Waals surface area contributed by atoms with E-state index in [4.69, 9.17) is 16.3 Å². The van der Waals surface area contributed by atoms with Crippen LogP contribution in [0.1, 0.15) is 10.4 Å². The van der Waals surface area contributed by atoms with Crippen LogP contribution in [0.5, 0.6) is 5.75 Å². The average molecular weight is 476 g/mol. The first-order valence-electron chi connectivity index (χ1n) is 9.28. The summed E-state index contributed by atoms with van der Waals surface area (Å²) in [6.07, 6.45) is 0. The zero-order chi connectivity index (χ0) is 23.1. The van der Waals surface area contributed by atoms with Crippen LogP contribution in [0.3, 0.4) is 0 Å². The molecule has 1 amide bonds. The number of hydrogen-bond acceptors (Lipinski definition) is 6. The molecule has 3 aromatic carbocycles. The van der Waals surface area contributed by atoms with Gasteiger partial charge in [0.25, 0.3) is 21.6 Å². The predicted molar refractivity (Wildman–Crippen MR) is 120 cm³/mol. The first kappa shape index (κ1) is 23.0. The van der Waals surface area contributed by atoms with Crippen LogP contribution in [0.25, 0.3) is 0 Å². The Morgan fingerprint density at radius 3 is 2.38 bits per heavy atom. The molecule has 0 aliphatic heterocycles. The Hall–Kier alpha value is -3.63. The van der Waals surface area contributed by atoms with Gasteiger partial charge in [-0.1, -0.05) is 17.7 Å². The molecule has 0 radical (unpaired) electrons. The van der Waals surface area contributed by atoms with Gasteiger partial charge >= 0.3 is 0 Å². The number of halogens is 1. The van der Waals surface area contributed by atoms with Gasteiger partial charge in [0.1, 0.15) is 12.4 Å². The molecular weight excluding hydrogens is 458 g/mol. The summed E-state index contributed by atoms with van der Waals surface area (Å²) in [5.74, 6) is 0.279. The summed E-state index contributed by atoms with van der Waals surface area (Å²) in [6.45, 7) is 0.525. The Morgan fingerprint density at radius 2 is 1.72 bits per heavy atom. The lowest BCUT2D eigenvalue weighted by atomic mass is 10.2. The number of ether oxygens (including phenoxy) is 1. The van der Waals surface area contributed by atoms with E-state index in [-0.39, 0.29) is 35.3 Å². The highest BCUT2D eigenvalue weighted by Gasteiger charge is 2.18. The van der Waals surface area contributed by atoms with E-state index in [1.807, 2.05) is 0 Å². The Bertz CT molecular complexity index is 1220. The third-order valence-electron chi connectivity index (χ3n) is 4.21. The normalized spacial score (nSPS) is 10.9. The van der Waals surface area contributed by atoms with Gasteiger partial charge in [0.05, 0.1) is 16.4 Å². The predicted octanol–water partition coefficient (Wildman–Crippen LogP) is 3.86. The molecule has 2 N–H and O–H groups in total. The van der Waals surface area contributed by atoms with Crippen LogP contribution in [0.15, 0.2) is 77.7 Å². The summed E-state index contributed by atoms with van der Waals surface area (Å²) in [4.78, 5) is 22.2. The molecule has 0 aliphatic rings. The molecule has 0 spiro atoms. The fourth-order valence-electron chi connectivity index (χ4n) is 2.63. The molecule has 166 valence electrons. The third-order valence-corrected chi connectivity index (χ3v) is 5.84. The molecular formula is C21H18ClN3O6S. The molecule has 0 saturated heterocycles. The van der Waals surface area contributed by atoms with Crippen molar-refractivity contribution >= 4 is 38.9 Å². The van der Waals surface area contributed by atoms with Crippen LogP contribution in [0.2, 0.25) is 5.02 Å². The van der Waals surface area contributed by atoms with Gasteiger partial charge in [0.2, 0.25) is 0 Å². The van der Waals surface area contributed by atoms with Crippen LogP contribution >= 0.6 is 11.6 Å². The molecule has 3 rings (SSSR count). The molecule has 0 heterocycles. The maximum absolute atomic E-state index is 12.5. The minimum atomic E-state index is -4.03. The van der Waals surface area contributed by atoms with Crippen LogP contribution in [0, 0.1) is 10.1 Å². The second kappa shape index (κ2) is 10.1. The number of anilines is 1. The van der Waals surface area contributed by atoms with E-state index in [1.54, 1.807) is 24.3 Å². The number of carbonyl (C=O) groups excluding carboxylic acids is 1. The van der Waals surface area contributed by atoms with E-state index in [2.05, 4.69) is 10.0 Å². The van der Waals surface area contributed by atoms with Gasteiger partial charge in [-0.2, -0.15) is 0 Å². The van der Waals surface area contributed by atoms with Gasteiger partial charge < -0.3 is 10.1 Å². The number of nitrogens with zero attached hydrogens (tertiary/aromatic N) is 1. The number of benzene rings is 3. The lowest BCUT2D eigenvalue weighted by Crippen LogP contribution is -2.28. The van der Waals surface area contributed by atoms with Crippen LogP contribution in [-0.4, -0.2) is 32.4 Å².